The Morgan fingerprint density at radius 3 is 2.75 bits per heavy atom. The second-order valence-corrected chi connectivity index (χ2v) is 5.01. The molecule has 2 aromatic carbocycles. The standard InChI is InChI=1S/C16H16ClNO2/c1-11-4-2-3-5-14(11)16(20)10-18-9-12-8-13(17)6-7-15(12)19/h2-9,16,19-20H,10H2,1H3. The summed E-state index contributed by atoms with van der Waals surface area (Å²) in [5.41, 5.74) is 2.43. The third-order valence-corrected chi connectivity index (χ3v) is 3.28. The molecule has 0 aliphatic rings. The minimum Gasteiger partial charge on any atom is -0.507 e. The first kappa shape index (κ1) is 14.6. The topological polar surface area (TPSA) is 52.8 Å². The molecule has 0 bridgehead atoms. The third-order valence-electron chi connectivity index (χ3n) is 3.05. The van der Waals surface area contributed by atoms with Gasteiger partial charge in [0.05, 0.1) is 12.6 Å². The smallest absolute Gasteiger partial charge is 0.124 e. The molecule has 0 aliphatic carbocycles. The number of halogens is 1. The van der Waals surface area contributed by atoms with Gasteiger partial charge in [-0.05, 0) is 36.2 Å². The molecule has 20 heavy (non-hydrogen) atoms. The highest BCUT2D eigenvalue weighted by atomic mass is 35.5. The zero-order chi connectivity index (χ0) is 14.5. The van der Waals surface area contributed by atoms with Gasteiger partial charge in [0.1, 0.15) is 5.75 Å². The van der Waals surface area contributed by atoms with Crippen LogP contribution in [0.15, 0.2) is 47.5 Å². The molecular formula is C16H16ClNO2. The fourth-order valence-electron chi connectivity index (χ4n) is 1.94. The number of phenols is 1. The highest BCUT2D eigenvalue weighted by Crippen LogP contribution is 2.20. The maximum Gasteiger partial charge on any atom is 0.124 e. The Kier molecular flexibility index (Phi) is 4.77. The monoisotopic (exact) mass is 289 g/mol. The summed E-state index contributed by atoms with van der Waals surface area (Å²) < 4.78 is 0. The Balaban J connectivity index is 2.06. The van der Waals surface area contributed by atoms with Crippen molar-refractivity contribution in [3.05, 3.63) is 64.2 Å². The van der Waals surface area contributed by atoms with Crippen LogP contribution in [0.2, 0.25) is 5.02 Å². The molecule has 0 aliphatic heterocycles. The predicted molar refractivity (Wildman–Crippen MR) is 81.7 cm³/mol. The Bertz CT molecular complexity index is 626. The van der Waals surface area contributed by atoms with Gasteiger partial charge in [-0.2, -0.15) is 0 Å². The summed E-state index contributed by atoms with van der Waals surface area (Å²) in [5, 5.41) is 20.3. The van der Waals surface area contributed by atoms with Gasteiger partial charge < -0.3 is 10.2 Å². The first-order chi connectivity index (χ1) is 9.58. The maximum absolute atomic E-state index is 10.1. The quantitative estimate of drug-likeness (QED) is 0.846. The molecule has 2 aromatic rings. The first-order valence-corrected chi connectivity index (χ1v) is 6.67. The zero-order valence-electron chi connectivity index (χ0n) is 11.1. The number of phenolic OH excluding ortho intramolecular Hbond substituents is 1. The minimum atomic E-state index is -0.659. The molecule has 0 fully saturated rings. The lowest BCUT2D eigenvalue weighted by molar-refractivity contribution is 0.187. The number of nitrogens with zero attached hydrogens (tertiary/aromatic N) is 1. The van der Waals surface area contributed by atoms with Crippen molar-refractivity contribution in [3.8, 4) is 5.75 Å². The molecule has 0 amide bonds. The van der Waals surface area contributed by atoms with Crippen LogP contribution in [0, 0.1) is 6.92 Å². The molecule has 2 N–H and O–H groups in total. The number of rotatable bonds is 4. The van der Waals surface area contributed by atoms with Crippen molar-refractivity contribution in [2.45, 2.75) is 13.0 Å². The van der Waals surface area contributed by atoms with Crippen LogP contribution in [-0.2, 0) is 0 Å². The Hall–Kier alpha value is -1.84. The van der Waals surface area contributed by atoms with Gasteiger partial charge in [-0.3, -0.25) is 4.99 Å². The van der Waals surface area contributed by atoms with E-state index in [-0.39, 0.29) is 12.3 Å². The summed E-state index contributed by atoms with van der Waals surface area (Å²) >= 11 is 5.85. The van der Waals surface area contributed by atoms with Gasteiger partial charge in [0.25, 0.3) is 0 Å². The summed E-state index contributed by atoms with van der Waals surface area (Å²) in [4.78, 5) is 4.17. The van der Waals surface area contributed by atoms with Crippen molar-refractivity contribution in [2.24, 2.45) is 4.99 Å². The maximum atomic E-state index is 10.1. The average Bonchev–Trinajstić information content (AvgIpc) is 2.43. The number of aryl methyl sites for hydroxylation is 1. The van der Waals surface area contributed by atoms with E-state index < -0.39 is 6.10 Å². The van der Waals surface area contributed by atoms with Crippen molar-refractivity contribution in [3.63, 3.8) is 0 Å². The molecule has 0 saturated heterocycles. The van der Waals surface area contributed by atoms with E-state index in [4.69, 9.17) is 11.6 Å². The lowest BCUT2D eigenvalue weighted by atomic mass is 10.0. The Labute approximate surface area is 123 Å². The highest BCUT2D eigenvalue weighted by Gasteiger charge is 2.08. The van der Waals surface area contributed by atoms with Crippen LogP contribution in [0.1, 0.15) is 22.8 Å². The first-order valence-electron chi connectivity index (χ1n) is 6.30. The van der Waals surface area contributed by atoms with E-state index in [2.05, 4.69) is 4.99 Å². The largest absolute Gasteiger partial charge is 0.507 e. The molecule has 0 heterocycles. The molecule has 1 unspecified atom stereocenters. The van der Waals surface area contributed by atoms with Crippen LogP contribution in [0.4, 0.5) is 0 Å². The summed E-state index contributed by atoms with van der Waals surface area (Å²) in [6.45, 7) is 2.18. The predicted octanol–water partition coefficient (Wildman–Crippen LogP) is 3.51. The number of hydrogen-bond acceptors (Lipinski definition) is 3. The van der Waals surface area contributed by atoms with Crippen molar-refractivity contribution < 1.29 is 10.2 Å². The van der Waals surface area contributed by atoms with E-state index in [1.165, 1.54) is 12.3 Å². The lowest BCUT2D eigenvalue weighted by Gasteiger charge is -2.10. The van der Waals surface area contributed by atoms with Gasteiger partial charge in [-0.25, -0.2) is 0 Å². The lowest BCUT2D eigenvalue weighted by Crippen LogP contribution is -2.03. The summed E-state index contributed by atoms with van der Waals surface area (Å²) in [5.74, 6) is 0.114. The zero-order valence-corrected chi connectivity index (χ0v) is 11.9. The van der Waals surface area contributed by atoms with E-state index in [9.17, 15) is 10.2 Å². The van der Waals surface area contributed by atoms with Crippen LogP contribution in [0.3, 0.4) is 0 Å². The second-order valence-electron chi connectivity index (χ2n) is 4.57. The van der Waals surface area contributed by atoms with E-state index in [0.717, 1.165) is 11.1 Å². The molecule has 4 heteroatoms. The van der Waals surface area contributed by atoms with Crippen molar-refractivity contribution in [2.75, 3.05) is 6.54 Å². The normalized spacial score (nSPS) is 12.8. The summed E-state index contributed by atoms with van der Waals surface area (Å²) in [6.07, 6.45) is 0.858. The second kappa shape index (κ2) is 6.55. The molecule has 3 nitrogen and oxygen atoms in total. The number of hydrogen-bond donors (Lipinski definition) is 2. The molecule has 2 rings (SSSR count). The van der Waals surface area contributed by atoms with Gasteiger partial charge >= 0.3 is 0 Å². The number of aromatic hydroxyl groups is 1. The van der Waals surface area contributed by atoms with Gasteiger partial charge in [-0.1, -0.05) is 35.9 Å². The van der Waals surface area contributed by atoms with Gasteiger partial charge in [0.2, 0.25) is 0 Å². The average molecular weight is 290 g/mol. The van der Waals surface area contributed by atoms with Crippen molar-refractivity contribution in [1.82, 2.24) is 0 Å². The van der Waals surface area contributed by atoms with E-state index in [1.54, 1.807) is 12.1 Å². The SMILES string of the molecule is Cc1ccccc1C(O)CN=Cc1cc(Cl)ccc1O. The highest BCUT2D eigenvalue weighted by molar-refractivity contribution is 6.30. The van der Waals surface area contributed by atoms with Crippen LogP contribution in [-0.4, -0.2) is 23.0 Å². The molecule has 0 spiro atoms. The van der Waals surface area contributed by atoms with Gasteiger partial charge in [0, 0.05) is 16.8 Å². The minimum absolute atomic E-state index is 0.114. The number of aliphatic hydroxyl groups is 1. The molecule has 104 valence electrons. The van der Waals surface area contributed by atoms with Crippen molar-refractivity contribution in [1.29, 1.82) is 0 Å². The molecule has 0 aromatic heterocycles. The van der Waals surface area contributed by atoms with E-state index in [1.807, 2.05) is 31.2 Å². The Morgan fingerprint density at radius 2 is 2.00 bits per heavy atom. The van der Waals surface area contributed by atoms with Crippen LogP contribution < -0.4 is 0 Å². The molecule has 0 radical (unpaired) electrons. The number of aliphatic hydroxyl groups excluding tert-OH is 1. The van der Waals surface area contributed by atoms with E-state index >= 15 is 0 Å². The third kappa shape index (κ3) is 3.59. The fourth-order valence-corrected chi connectivity index (χ4v) is 2.12. The molecule has 0 saturated carbocycles. The molecule has 1 atom stereocenters. The molecular weight excluding hydrogens is 274 g/mol. The summed E-state index contributed by atoms with van der Waals surface area (Å²) in [6, 6.07) is 12.4. The van der Waals surface area contributed by atoms with Crippen LogP contribution >= 0.6 is 11.6 Å². The van der Waals surface area contributed by atoms with Crippen LogP contribution in [0.25, 0.3) is 0 Å². The van der Waals surface area contributed by atoms with Gasteiger partial charge in [0.15, 0.2) is 0 Å². The summed E-state index contributed by atoms with van der Waals surface area (Å²) in [7, 11) is 0. The Morgan fingerprint density at radius 1 is 1.25 bits per heavy atom. The van der Waals surface area contributed by atoms with Gasteiger partial charge in [-0.15, -0.1) is 0 Å². The van der Waals surface area contributed by atoms with E-state index in [0.29, 0.717) is 10.6 Å². The van der Waals surface area contributed by atoms with Crippen molar-refractivity contribution >= 4 is 17.8 Å². The van der Waals surface area contributed by atoms with Crippen LogP contribution in [0.5, 0.6) is 5.75 Å². The number of aliphatic imine (C=N–C) groups is 1. The number of benzene rings is 2. The fraction of sp³-hybridized carbons (Fsp3) is 0.188.